The van der Waals surface area contributed by atoms with E-state index < -0.39 is 0 Å². The van der Waals surface area contributed by atoms with E-state index in [1.807, 2.05) is 24.3 Å². The summed E-state index contributed by atoms with van der Waals surface area (Å²) in [5.74, 6) is 0.852. The van der Waals surface area contributed by atoms with Crippen molar-refractivity contribution in [2.24, 2.45) is 5.10 Å². The van der Waals surface area contributed by atoms with Crippen molar-refractivity contribution in [2.75, 3.05) is 6.61 Å². The third-order valence-corrected chi connectivity index (χ3v) is 5.21. The number of benzene rings is 2. The molecule has 2 rings (SSSR count). The summed E-state index contributed by atoms with van der Waals surface area (Å²) in [4.78, 5) is 11.8. The van der Waals surface area contributed by atoms with Crippen LogP contribution in [0.5, 0.6) is 11.5 Å². The second-order valence-corrected chi connectivity index (χ2v) is 7.49. The second kappa shape index (κ2) is 9.73. The molecule has 1 atom stereocenters. The lowest BCUT2D eigenvalue weighted by Crippen LogP contribution is -2.24. The van der Waals surface area contributed by atoms with Crippen molar-refractivity contribution < 1.29 is 14.6 Å². The van der Waals surface area contributed by atoms with Crippen molar-refractivity contribution in [1.82, 2.24) is 5.43 Å². The summed E-state index contributed by atoms with van der Waals surface area (Å²) in [6.07, 6.45) is 2.52. The van der Waals surface area contributed by atoms with Crippen molar-refractivity contribution in [2.45, 2.75) is 26.2 Å². The van der Waals surface area contributed by atoms with Crippen LogP contribution in [0.15, 0.2) is 50.4 Å². The number of hydrogen-bond acceptors (Lipinski definition) is 4. The average Bonchev–Trinajstić information content (AvgIpc) is 2.64. The van der Waals surface area contributed by atoms with Crippen LogP contribution in [0.3, 0.4) is 0 Å². The van der Waals surface area contributed by atoms with Crippen LogP contribution in [0.4, 0.5) is 0 Å². The molecule has 0 spiro atoms. The number of phenols is 1. The Morgan fingerprint density at radius 3 is 2.62 bits per heavy atom. The van der Waals surface area contributed by atoms with E-state index in [-0.39, 0.29) is 18.3 Å². The molecule has 0 aliphatic heterocycles. The Bertz CT molecular complexity index is 792. The van der Waals surface area contributed by atoms with Crippen LogP contribution in [0, 0.1) is 0 Å². The van der Waals surface area contributed by atoms with E-state index >= 15 is 0 Å². The number of amides is 1. The predicted molar refractivity (Wildman–Crippen MR) is 110 cm³/mol. The van der Waals surface area contributed by atoms with Crippen LogP contribution >= 0.6 is 31.9 Å². The van der Waals surface area contributed by atoms with Gasteiger partial charge in [0.2, 0.25) is 0 Å². The topological polar surface area (TPSA) is 70.9 Å². The molecule has 0 bridgehead atoms. The van der Waals surface area contributed by atoms with Gasteiger partial charge in [0.1, 0.15) is 11.5 Å². The Hall–Kier alpha value is -1.86. The molecule has 2 aromatic rings. The van der Waals surface area contributed by atoms with Crippen LogP contribution in [0.1, 0.15) is 37.3 Å². The Kier molecular flexibility index (Phi) is 7.66. The minimum atomic E-state index is -0.371. The molecule has 26 heavy (non-hydrogen) atoms. The van der Waals surface area contributed by atoms with Gasteiger partial charge in [-0.05, 0) is 58.1 Å². The van der Waals surface area contributed by atoms with E-state index in [1.165, 1.54) is 17.8 Å². The van der Waals surface area contributed by atoms with Crippen molar-refractivity contribution >= 4 is 44.0 Å². The maximum atomic E-state index is 11.8. The third-order valence-electron chi connectivity index (χ3n) is 3.89. The fourth-order valence-corrected chi connectivity index (χ4v) is 3.23. The summed E-state index contributed by atoms with van der Waals surface area (Å²) in [5, 5.41) is 13.5. The van der Waals surface area contributed by atoms with Crippen LogP contribution in [0.25, 0.3) is 0 Å². The number of hydrazone groups is 1. The third kappa shape index (κ3) is 5.85. The van der Waals surface area contributed by atoms with Gasteiger partial charge in [-0.15, -0.1) is 0 Å². The SMILES string of the molecule is CC[C@H](C)c1ccc(OCC(=O)N/N=C/c2cc(O)c(Br)cc2Br)cc1. The lowest BCUT2D eigenvalue weighted by molar-refractivity contribution is -0.123. The van der Waals surface area contributed by atoms with E-state index in [9.17, 15) is 9.90 Å². The lowest BCUT2D eigenvalue weighted by atomic mass is 9.99. The lowest BCUT2D eigenvalue weighted by Gasteiger charge is -2.10. The minimum absolute atomic E-state index is 0.0881. The molecule has 5 nitrogen and oxygen atoms in total. The Balaban J connectivity index is 1.84. The molecule has 2 aromatic carbocycles. The first kappa shape index (κ1) is 20.5. The monoisotopic (exact) mass is 482 g/mol. The maximum Gasteiger partial charge on any atom is 0.277 e. The van der Waals surface area contributed by atoms with Crippen LogP contribution in [-0.4, -0.2) is 23.8 Å². The standard InChI is InChI=1S/C19H20Br2N2O3/c1-3-12(2)13-4-6-15(7-5-13)26-11-19(25)23-22-10-14-8-18(24)17(21)9-16(14)20/h4-10,12,24H,3,11H2,1-2H3,(H,23,25)/b22-10+/t12-/m0/s1. The summed E-state index contributed by atoms with van der Waals surface area (Å²) in [7, 11) is 0. The second-order valence-electron chi connectivity index (χ2n) is 5.79. The van der Waals surface area contributed by atoms with E-state index in [0.29, 0.717) is 21.7 Å². The number of halogens is 2. The number of phenolic OH excluding ortho intramolecular Hbond substituents is 1. The molecule has 0 aromatic heterocycles. The molecule has 0 aliphatic carbocycles. The van der Waals surface area contributed by atoms with Gasteiger partial charge in [-0.25, -0.2) is 5.43 Å². The highest BCUT2D eigenvalue weighted by atomic mass is 79.9. The summed E-state index contributed by atoms with van der Waals surface area (Å²) in [5.41, 5.74) is 4.27. The Labute approximate surface area is 169 Å². The highest BCUT2D eigenvalue weighted by molar-refractivity contribution is 9.11. The number of nitrogens with zero attached hydrogens (tertiary/aromatic N) is 1. The van der Waals surface area contributed by atoms with Gasteiger partial charge >= 0.3 is 0 Å². The highest BCUT2D eigenvalue weighted by Crippen LogP contribution is 2.29. The van der Waals surface area contributed by atoms with Gasteiger partial charge in [-0.2, -0.15) is 5.10 Å². The quantitative estimate of drug-likeness (QED) is 0.431. The Morgan fingerprint density at radius 1 is 1.27 bits per heavy atom. The Morgan fingerprint density at radius 2 is 1.96 bits per heavy atom. The van der Waals surface area contributed by atoms with E-state index in [4.69, 9.17) is 4.74 Å². The number of carbonyl (C=O) groups is 1. The molecule has 0 aliphatic rings. The number of nitrogens with one attached hydrogen (secondary N) is 1. The number of rotatable bonds is 7. The van der Waals surface area contributed by atoms with E-state index in [0.717, 1.165) is 10.9 Å². The molecule has 0 radical (unpaired) electrons. The van der Waals surface area contributed by atoms with Crippen molar-refractivity contribution in [3.63, 3.8) is 0 Å². The predicted octanol–water partition coefficient (Wildman–Crippen LogP) is 4.96. The zero-order valence-corrected chi connectivity index (χ0v) is 17.7. The van der Waals surface area contributed by atoms with Crippen LogP contribution < -0.4 is 10.2 Å². The minimum Gasteiger partial charge on any atom is -0.507 e. The smallest absolute Gasteiger partial charge is 0.277 e. The van der Waals surface area contributed by atoms with Crippen molar-refractivity contribution in [3.8, 4) is 11.5 Å². The summed E-state index contributed by atoms with van der Waals surface area (Å²) < 4.78 is 6.76. The summed E-state index contributed by atoms with van der Waals surface area (Å²) >= 11 is 6.58. The molecular weight excluding hydrogens is 464 g/mol. The summed E-state index contributed by atoms with van der Waals surface area (Å²) in [6.45, 7) is 4.19. The molecule has 0 heterocycles. The number of aromatic hydroxyl groups is 1. The van der Waals surface area contributed by atoms with Crippen molar-refractivity contribution in [3.05, 3.63) is 56.5 Å². The number of ether oxygens (including phenoxy) is 1. The molecule has 0 unspecified atom stereocenters. The average molecular weight is 484 g/mol. The van der Waals surface area contributed by atoms with E-state index in [2.05, 4.69) is 56.2 Å². The van der Waals surface area contributed by atoms with Crippen LogP contribution in [0.2, 0.25) is 0 Å². The molecule has 0 saturated carbocycles. The number of carbonyl (C=O) groups excluding carboxylic acids is 1. The largest absolute Gasteiger partial charge is 0.507 e. The molecule has 0 saturated heterocycles. The molecule has 7 heteroatoms. The fraction of sp³-hybridized carbons (Fsp3) is 0.263. The van der Waals surface area contributed by atoms with Gasteiger partial charge in [-0.3, -0.25) is 4.79 Å². The molecule has 2 N–H and O–H groups in total. The van der Waals surface area contributed by atoms with Crippen molar-refractivity contribution in [1.29, 1.82) is 0 Å². The molecular formula is C19H20Br2N2O3. The maximum absolute atomic E-state index is 11.8. The first-order valence-corrected chi connectivity index (χ1v) is 9.72. The zero-order chi connectivity index (χ0) is 19.1. The first-order valence-electron chi connectivity index (χ1n) is 8.13. The van der Waals surface area contributed by atoms with E-state index in [1.54, 1.807) is 6.07 Å². The van der Waals surface area contributed by atoms with Gasteiger partial charge in [0.25, 0.3) is 5.91 Å². The van der Waals surface area contributed by atoms with Gasteiger partial charge in [-0.1, -0.05) is 41.9 Å². The van der Waals surface area contributed by atoms with Gasteiger partial charge < -0.3 is 9.84 Å². The molecule has 0 fully saturated rings. The zero-order valence-electron chi connectivity index (χ0n) is 14.5. The van der Waals surface area contributed by atoms with Crippen LogP contribution in [-0.2, 0) is 4.79 Å². The molecule has 138 valence electrons. The summed E-state index contributed by atoms with van der Waals surface area (Å²) in [6, 6.07) is 11.0. The fourth-order valence-electron chi connectivity index (χ4n) is 2.14. The van der Waals surface area contributed by atoms with Gasteiger partial charge in [0, 0.05) is 10.0 Å². The highest BCUT2D eigenvalue weighted by Gasteiger charge is 2.06. The normalized spacial score (nSPS) is 12.2. The number of hydrogen-bond donors (Lipinski definition) is 2. The molecule has 1 amide bonds. The van der Waals surface area contributed by atoms with Gasteiger partial charge in [0.15, 0.2) is 6.61 Å². The van der Waals surface area contributed by atoms with Gasteiger partial charge in [0.05, 0.1) is 10.7 Å². The first-order chi connectivity index (χ1) is 12.4.